The highest BCUT2D eigenvalue weighted by molar-refractivity contribution is 7.86. The number of piperidine rings is 1. The van der Waals surface area contributed by atoms with Gasteiger partial charge in [0.2, 0.25) is 0 Å². The highest BCUT2D eigenvalue weighted by atomic mass is 32.2. The Balaban J connectivity index is 2.16. The lowest BCUT2D eigenvalue weighted by Crippen LogP contribution is -2.53. The van der Waals surface area contributed by atoms with Crippen molar-refractivity contribution in [2.45, 2.75) is 30.9 Å². The highest BCUT2D eigenvalue weighted by Gasteiger charge is 2.46. The summed E-state index contributed by atoms with van der Waals surface area (Å²) in [6.45, 7) is 2.64. The molecule has 1 aliphatic rings. The molecule has 0 aromatic heterocycles. The molecule has 1 amide bonds. The first-order valence-corrected chi connectivity index (χ1v) is 8.92. The number of carbonyl (C=O) groups excluding carboxylic acids is 1. The summed E-state index contributed by atoms with van der Waals surface area (Å²) in [5, 5.41) is 9.39. The lowest BCUT2D eigenvalue weighted by molar-refractivity contribution is -0.141. The lowest BCUT2D eigenvalue weighted by Gasteiger charge is -2.37. The number of aliphatic carboxylic acids is 1. The molecule has 1 fully saturated rings. The van der Waals surface area contributed by atoms with Crippen molar-refractivity contribution >= 4 is 22.7 Å². The van der Waals surface area contributed by atoms with Gasteiger partial charge in [0.25, 0.3) is 5.91 Å². The molecule has 1 saturated heterocycles. The highest BCUT2D eigenvalue weighted by Crippen LogP contribution is 2.29. The molecular formula is C16H21NO4S. The van der Waals surface area contributed by atoms with Gasteiger partial charge in [-0.3, -0.25) is 13.8 Å². The normalized spacial score (nSPS) is 18.7. The smallest absolute Gasteiger partial charge is 0.322 e. The van der Waals surface area contributed by atoms with Crippen molar-refractivity contribution in [3.05, 3.63) is 35.4 Å². The zero-order valence-electron chi connectivity index (χ0n) is 12.9. The van der Waals surface area contributed by atoms with Crippen molar-refractivity contribution in [2.24, 2.45) is 0 Å². The third-order valence-electron chi connectivity index (χ3n) is 4.43. The number of rotatable bonds is 4. The molecular weight excluding hydrogens is 302 g/mol. The Morgan fingerprint density at radius 1 is 1.27 bits per heavy atom. The molecule has 1 N–H and O–H groups in total. The van der Waals surface area contributed by atoms with Crippen LogP contribution in [0.2, 0.25) is 0 Å². The molecule has 6 heteroatoms. The monoisotopic (exact) mass is 323 g/mol. The van der Waals surface area contributed by atoms with Crippen molar-refractivity contribution < 1.29 is 18.9 Å². The van der Waals surface area contributed by atoms with E-state index in [1.807, 2.05) is 25.1 Å². The van der Waals surface area contributed by atoms with E-state index in [4.69, 9.17) is 0 Å². The van der Waals surface area contributed by atoms with Crippen LogP contribution in [0, 0.1) is 0 Å². The number of carbonyl (C=O) groups is 2. The van der Waals surface area contributed by atoms with E-state index in [0.29, 0.717) is 18.7 Å². The fourth-order valence-electron chi connectivity index (χ4n) is 2.90. The number of hydrogen-bond donors (Lipinski definition) is 1. The SMILES string of the molecule is CCc1ccccc1C(=O)N1CCC(C(=O)O)(S(C)=O)CC1. The molecule has 1 aromatic rings. The maximum absolute atomic E-state index is 12.6. The Kier molecular flexibility index (Phi) is 5.01. The molecule has 120 valence electrons. The van der Waals surface area contributed by atoms with Gasteiger partial charge >= 0.3 is 5.97 Å². The third kappa shape index (κ3) is 2.92. The topological polar surface area (TPSA) is 74.7 Å². The summed E-state index contributed by atoms with van der Waals surface area (Å²) in [5.74, 6) is -1.10. The first-order chi connectivity index (χ1) is 10.4. The van der Waals surface area contributed by atoms with Crippen molar-refractivity contribution in [1.29, 1.82) is 0 Å². The lowest BCUT2D eigenvalue weighted by atomic mass is 9.94. The van der Waals surface area contributed by atoms with Crippen LogP contribution in [0.4, 0.5) is 0 Å². The fraction of sp³-hybridized carbons (Fsp3) is 0.500. The van der Waals surface area contributed by atoms with Gasteiger partial charge < -0.3 is 10.0 Å². The van der Waals surface area contributed by atoms with E-state index in [-0.39, 0.29) is 18.7 Å². The Morgan fingerprint density at radius 2 is 1.86 bits per heavy atom. The van der Waals surface area contributed by atoms with Gasteiger partial charge in [-0.05, 0) is 30.9 Å². The predicted octanol–water partition coefficient (Wildman–Crippen LogP) is 1.69. The Hall–Kier alpha value is -1.69. The number of benzene rings is 1. The zero-order valence-corrected chi connectivity index (χ0v) is 13.7. The van der Waals surface area contributed by atoms with Gasteiger partial charge in [-0.1, -0.05) is 25.1 Å². The molecule has 1 unspecified atom stereocenters. The average molecular weight is 323 g/mol. The number of hydrogen-bond acceptors (Lipinski definition) is 3. The molecule has 22 heavy (non-hydrogen) atoms. The second-order valence-corrected chi connectivity index (χ2v) is 7.25. The summed E-state index contributed by atoms with van der Waals surface area (Å²) in [6.07, 6.45) is 2.66. The van der Waals surface area contributed by atoms with E-state index in [1.54, 1.807) is 11.0 Å². The number of likely N-dealkylation sites (tertiary alicyclic amines) is 1. The largest absolute Gasteiger partial charge is 0.480 e. The predicted molar refractivity (Wildman–Crippen MR) is 85.4 cm³/mol. The number of carboxylic acids is 1. The molecule has 0 spiro atoms. The van der Waals surface area contributed by atoms with Crippen LogP contribution in [0.5, 0.6) is 0 Å². The second-order valence-electron chi connectivity index (χ2n) is 5.56. The summed E-state index contributed by atoms with van der Waals surface area (Å²) < 4.78 is 10.6. The van der Waals surface area contributed by atoms with Gasteiger partial charge in [0, 0.05) is 35.7 Å². The van der Waals surface area contributed by atoms with Gasteiger partial charge in [0.1, 0.15) is 4.75 Å². The molecule has 0 saturated carbocycles. The maximum atomic E-state index is 12.6. The second kappa shape index (κ2) is 6.60. The minimum absolute atomic E-state index is 0.0710. The van der Waals surface area contributed by atoms with Crippen LogP contribution >= 0.6 is 0 Å². The van der Waals surface area contributed by atoms with Crippen molar-refractivity contribution in [3.8, 4) is 0 Å². The van der Waals surface area contributed by atoms with Gasteiger partial charge in [0.15, 0.2) is 0 Å². The quantitative estimate of drug-likeness (QED) is 0.915. The number of carboxylic acid groups (broad SMARTS) is 1. The Bertz CT molecular complexity index is 590. The van der Waals surface area contributed by atoms with Crippen LogP contribution in [0.15, 0.2) is 24.3 Å². The molecule has 0 bridgehead atoms. The van der Waals surface area contributed by atoms with Crippen molar-refractivity contribution in [1.82, 2.24) is 4.90 Å². The maximum Gasteiger partial charge on any atom is 0.322 e. The molecule has 0 radical (unpaired) electrons. The van der Waals surface area contributed by atoms with E-state index in [0.717, 1.165) is 12.0 Å². The molecule has 1 heterocycles. The molecule has 1 aromatic carbocycles. The van der Waals surface area contributed by atoms with Crippen LogP contribution in [0.25, 0.3) is 0 Å². The summed E-state index contributed by atoms with van der Waals surface area (Å²) in [7, 11) is -1.46. The van der Waals surface area contributed by atoms with Crippen molar-refractivity contribution in [2.75, 3.05) is 19.3 Å². The van der Waals surface area contributed by atoms with E-state index >= 15 is 0 Å². The molecule has 0 aliphatic carbocycles. The van der Waals surface area contributed by atoms with E-state index < -0.39 is 21.5 Å². The van der Waals surface area contributed by atoms with Crippen molar-refractivity contribution in [3.63, 3.8) is 0 Å². The molecule has 1 atom stereocenters. The number of amides is 1. The summed E-state index contributed by atoms with van der Waals surface area (Å²) in [6, 6.07) is 7.47. The van der Waals surface area contributed by atoms with Crippen LogP contribution in [0.3, 0.4) is 0 Å². The van der Waals surface area contributed by atoms with Gasteiger partial charge in [-0.2, -0.15) is 0 Å². The van der Waals surface area contributed by atoms with Crippen LogP contribution in [0.1, 0.15) is 35.7 Å². The first-order valence-electron chi connectivity index (χ1n) is 7.36. The third-order valence-corrected chi connectivity index (χ3v) is 6.11. The number of aryl methyl sites for hydroxylation is 1. The van der Waals surface area contributed by atoms with Crippen LogP contribution in [-0.2, 0) is 22.0 Å². The Labute approximate surface area is 132 Å². The van der Waals surface area contributed by atoms with Gasteiger partial charge in [-0.15, -0.1) is 0 Å². The summed E-state index contributed by atoms with van der Waals surface area (Å²) in [5.41, 5.74) is 1.66. The number of nitrogens with zero attached hydrogens (tertiary/aromatic N) is 1. The van der Waals surface area contributed by atoms with Crippen LogP contribution in [-0.4, -0.2) is 50.2 Å². The molecule has 1 aliphatic heterocycles. The first kappa shape index (κ1) is 16.7. The summed E-state index contributed by atoms with van der Waals surface area (Å²) >= 11 is 0. The standard InChI is InChI=1S/C16H21NO4S/c1-3-12-6-4-5-7-13(12)14(18)17-10-8-16(9-11-17,15(19)20)22(2)21/h4-7H,3,8-11H2,1-2H3,(H,19,20). The zero-order chi connectivity index (χ0) is 16.3. The summed E-state index contributed by atoms with van der Waals surface area (Å²) in [4.78, 5) is 25.8. The van der Waals surface area contributed by atoms with E-state index in [9.17, 15) is 18.9 Å². The van der Waals surface area contributed by atoms with E-state index in [1.165, 1.54) is 6.26 Å². The molecule has 2 rings (SSSR count). The van der Waals surface area contributed by atoms with E-state index in [2.05, 4.69) is 0 Å². The Morgan fingerprint density at radius 3 is 2.36 bits per heavy atom. The average Bonchev–Trinajstić information content (AvgIpc) is 2.53. The van der Waals surface area contributed by atoms with Gasteiger partial charge in [-0.25, -0.2) is 0 Å². The minimum Gasteiger partial charge on any atom is -0.480 e. The van der Waals surface area contributed by atoms with Crippen LogP contribution < -0.4 is 0 Å². The molecule has 5 nitrogen and oxygen atoms in total. The van der Waals surface area contributed by atoms with Gasteiger partial charge in [0.05, 0.1) is 0 Å². The fourth-order valence-corrected chi connectivity index (χ4v) is 3.91. The minimum atomic E-state index is -1.46.